The highest BCUT2D eigenvalue weighted by atomic mass is 16.7. The minimum absolute atomic E-state index is 0.0114. The van der Waals surface area contributed by atoms with Crippen molar-refractivity contribution in [3.05, 3.63) is 30.3 Å². The standard InChI is InChI=1S/C43H72N2O12/c1-12-14-21-34(46)56-37-29(6)39(57-41-36(47)32(45(10)11)24-27(4)54-41)42(8,50)25-26(3)35(44-53-23-18-22-52-31-19-16-15-17-20-31)28(5)38(48)43(9,51)33(13-2)55-40(49)30(37)7/h15-17,19-20,26-30,32-33,36-39,41,47-48,50-51H,12-14,18,21-25H2,1-11H3/b44-35+/t26-,27-,28+,29+,30-,32+,33-,36-,37+,38-,39-,41+,42?,43-/m1/s1. The van der Waals surface area contributed by atoms with E-state index in [1.54, 1.807) is 34.6 Å². The molecule has 0 aromatic heterocycles. The van der Waals surface area contributed by atoms with Crippen LogP contribution < -0.4 is 4.74 Å². The van der Waals surface area contributed by atoms with Gasteiger partial charge in [0.2, 0.25) is 0 Å². The van der Waals surface area contributed by atoms with Crippen molar-refractivity contribution in [1.82, 2.24) is 4.90 Å². The molecule has 0 spiro atoms. The fraction of sp³-hybridized carbons (Fsp3) is 0.791. The molecule has 14 atom stereocenters. The van der Waals surface area contributed by atoms with E-state index in [0.717, 1.165) is 12.2 Å². The molecule has 326 valence electrons. The molecule has 2 fully saturated rings. The Bertz CT molecular complexity index is 1410. The number of unbranched alkanes of at least 4 members (excludes halogenated alkanes) is 1. The average molecular weight is 809 g/mol. The van der Waals surface area contributed by atoms with Crippen molar-refractivity contribution in [2.75, 3.05) is 27.3 Å². The molecule has 3 rings (SSSR count). The largest absolute Gasteiger partial charge is 0.493 e. The van der Waals surface area contributed by atoms with E-state index in [1.165, 1.54) is 6.92 Å². The number of hydrogen-bond acceptors (Lipinski definition) is 14. The third-order valence-electron chi connectivity index (χ3n) is 11.6. The lowest BCUT2D eigenvalue weighted by Crippen LogP contribution is -2.60. The predicted octanol–water partition coefficient (Wildman–Crippen LogP) is 4.87. The van der Waals surface area contributed by atoms with Gasteiger partial charge in [-0.1, -0.05) is 64.4 Å². The summed E-state index contributed by atoms with van der Waals surface area (Å²) in [7, 11) is 3.72. The molecule has 2 heterocycles. The van der Waals surface area contributed by atoms with E-state index in [0.29, 0.717) is 31.6 Å². The highest BCUT2D eigenvalue weighted by Gasteiger charge is 2.52. The van der Waals surface area contributed by atoms with Gasteiger partial charge in [-0.15, -0.1) is 0 Å². The number of ether oxygens (including phenoxy) is 5. The first-order chi connectivity index (χ1) is 26.8. The number of para-hydroxylation sites is 1. The molecule has 0 amide bonds. The normalized spacial score (nSPS) is 38.0. The Kier molecular flexibility index (Phi) is 18.7. The van der Waals surface area contributed by atoms with Crippen LogP contribution in [0.5, 0.6) is 5.75 Å². The Balaban J connectivity index is 2.10. The van der Waals surface area contributed by atoms with Crippen molar-refractivity contribution in [1.29, 1.82) is 0 Å². The summed E-state index contributed by atoms with van der Waals surface area (Å²) in [5.41, 5.74) is -3.34. The zero-order chi connectivity index (χ0) is 42.7. The summed E-state index contributed by atoms with van der Waals surface area (Å²) in [6.07, 6.45) is -4.95. The summed E-state index contributed by atoms with van der Waals surface area (Å²) in [5.74, 6) is -3.94. The molecule has 0 bridgehead atoms. The molecular weight excluding hydrogens is 736 g/mol. The van der Waals surface area contributed by atoms with E-state index in [9.17, 15) is 30.0 Å². The Hall–Kier alpha value is -2.85. The highest BCUT2D eigenvalue weighted by Crippen LogP contribution is 2.39. The number of aliphatic hydroxyl groups excluding tert-OH is 2. The lowest BCUT2D eigenvalue weighted by atomic mass is 9.73. The van der Waals surface area contributed by atoms with Gasteiger partial charge in [-0.3, -0.25) is 9.59 Å². The van der Waals surface area contributed by atoms with Crippen molar-refractivity contribution in [2.24, 2.45) is 28.8 Å². The van der Waals surface area contributed by atoms with Gasteiger partial charge < -0.3 is 53.8 Å². The molecule has 1 aromatic carbocycles. The number of carbonyl (C=O) groups excluding carboxylic acids is 2. The third-order valence-corrected chi connectivity index (χ3v) is 11.6. The van der Waals surface area contributed by atoms with Gasteiger partial charge >= 0.3 is 11.9 Å². The quantitative estimate of drug-likeness (QED) is 0.113. The Labute approximate surface area is 340 Å². The fourth-order valence-electron chi connectivity index (χ4n) is 8.27. The number of oxime groups is 1. The van der Waals surface area contributed by atoms with Crippen LogP contribution in [0.25, 0.3) is 0 Å². The summed E-state index contributed by atoms with van der Waals surface area (Å²) >= 11 is 0. The van der Waals surface area contributed by atoms with Gasteiger partial charge in [0.1, 0.15) is 36.3 Å². The number of cyclic esters (lactones) is 1. The van der Waals surface area contributed by atoms with Crippen LogP contribution in [-0.2, 0) is 33.4 Å². The van der Waals surface area contributed by atoms with Crippen LogP contribution in [0, 0.1) is 23.7 Å². The van der Waals surface area contributed by atoms with Gasteiger partial charge in [0.25, 0.3) is 0 Å². The maximum atomic E-state index is 14.1. The molecule has 0 saturated carbocycles. The van der Waals surface area contributed by atoms with Crippen molar-refractivity contribution in [3.8, 4) is 5.75 Å². The number of rotatable bonds is 14. The van der Waals surface area contributed by atoms with Crippen molar-refractivity contribution in [3.63, 3.8) is 0 Å². The minimum atomic E-state index is -1.95. The first-order valence-corrected chi connectivity index (χ1v) is 20.8. The van der Waals surface area contributed by atoms with E-state index >= 15 is 0 Å². The Morgan fingerprint density at radius 3 is 2.26 bits per heavy atom. The molecular formula is C43H72N2O12. The number of benzene rings is 1. The predicted molar refractivity (Wildman–Crippen MR) is 215 cm³/mol. The number of carbonyl (C=O) groups is 2. The fourth-order valence-corrected chi connectivity index (χ4v) is 8.27. The summed E-state index contributed by atoms with van der Waals surface area (Å²) in [5, 5.41) is 52.4. The average Bonchev–Trinajstić information content (AvgIpc) is 3.16. The number of hydrogen-bond donors (Lipinski definition) is 4. The minimum Gasteiger partial charge on any atom is -0.493 e. The molecule has 14 heteroatoms. The molecule has 0 radical (unpaired) electrons. The number of esters is 2. The van der Waals surface area contributed by atoms with Crippen LogP contribution in [0.4, 0.5) is 0 Å². The molecule has 2 saturated heterocycles. The molecule has 2 aliphatic rings. The summed E-state index contributed by atoms with van der Waals surface area (Å²) in [4.78, 5) is 35.1. The van der Waals surface area contributed by atoms with E-state index < -0.39 is 83.6 Å². The number of nitrogens with zero attached hydrogens (tertiary/aromatic N) is 2. The second-order valence-corrected chi connectivity index (χ2v) is 17.0. The van der Waals surface area contributed by atoms with Crippen LogP contribution in [0.15, 0.2) is 35.5 Å². The third kappa shape index (κ3) is 13.1. The maximum absolute atomic E-state index is 14.1. The van der Waals surface area contributed by atoms with Crippen LogP contribution in [0.2, 0.25) is 0 Å². The van der Waals surface area contributed by atoms with Gasteiger partial charge in [0.15, 0.2) is 6.29 Å². The second-order valence-electron chi connectivity index (χ2n) is 17.0. The first kappa shape index (κ1) is 48.5. The summed E-state index contributed by atoms with van der Waals surface area (Å²) in [6, 6.07) is 9.08. The summed E-state index contributed by atoms with van der Waals surface area (Å²) in [6.45, 7) is 16.0. The van der Waals surface area contributed by atoms with Gasteiger partial charge in [0, 0.05) is 36.6 Å². The lowest BCUT2D eigenvalue weighted by molar-refractivity contribution is -0.299. The molecule has 1 unspecified atom stereocenters. The zero-order valence-corrected chi connectivity index (χ0v) is 36.1. The van der Waals surface area contributed by atoms with E-state index in [4.69, 9.17) is 28.5 Å². The van der Waals surface area contributed by atoms with E-state index in [2.05, 4.69) is 5.16 Å². The van der Waals surface area contributed by atoms with Crippen LogP contribution in [0.1, 0.15) is 107 Å². The van der Waals surface area contributed by atoms with Crippen molar-refractivity contribution in [2.45, 2.75) is 167 Å². The first-order valence-electron chi connectivity index (χ1n) is 20.8. The van der Waals surface area contributed by atoms with E-state index in [1.807, 2.05) is 70.1 Å². The molecule has 0 aliphatic carbocycles. The van der Waals surface area contributed by atoms with Gasteiger partial charge in [-0.25, -0.2) is 0 Å². The Morgan fingerprint density at radius 1 is 0.982 bits per heavy atom. The van der Waals surface area contributed by atoms with Crippen LogP contribution >= 0.6 is 0 Å². The summed E-state index contributed by atoms with van der Waals surface area (Å²) < 4.78 is 30.7. The van der Waals surface area contributed by atoms with Crippen molar-refractivity contribution < 1.29 is 58.5 Å². The second kappa shape index (κ2) is 22.0. The zero-order valence-electron chi connectivity index (χ0n) is 36.1. The molecule has 2 aliphatic heterocycles. The van der Waals surface area contributed by atoms with Gasteiger partial charge in [-0.05, 0) is 79.6 Å². The van der Waals surface area contributed by atoms with Gasteiger partial charge in [-0.2, -0.15) is 0 Å². The number of likely N-dealkylation sites (N-methyl/N-ethyl adjacent to an activating group) is 1. The van der Waals surface area contributed by atoms with Crippen LogP contribution in [-0.4, -0.2) is 130 Å². The highest BCUT2D eigenvalue weighted by molar-refractivity contribution is 5.88. The SMILES string of the molecule is CCCCC(=O)O[C@H]1[C@H](C)[C@@H](O[C@@H]2O[C@H](C)C[C@H](N(C)C)[C@H]2O)C(C)(O)C[C@@H](C)/C(=N\OCCCOc2ccccc2)[C@H](C)[C@@H](O)[C@](C)(O)[C@@H](CC)OC(=O)[C@@H]1C. The molecule has 57 heavy (non-hydrogen) atoms. The monoisotopic (exact) mass is 809 g/mol. The topological polar surface area (TPSA) is 186 Å². The number of aliphatic hydroxyl groups is 4. The van der Waals surface area contributed by atoms with Crippen LogP contribution in [0.3, 0.4) is 0 Å². The molecule has 14 nitrogen and oxygen atoms in total. The maximum Gasteiger partial charge on any atom is 0.312 e. The van der Waals surface area contributed by atoms with E-state index in [-0.39, 0.29) is 38.0 Å². The molecule has 1 aromatic rings. The smallest absolute Gasteiger partial charge is 0.312 e. The van der Waals surface area contributed by atoms with Crippen molar-refractivity contribution >= 4 is 17.7 Å². The lowest BCUT2D eigenvalue weighted by Gasteiger charge is -2.47. The Morgan fingerprint density at radius 2 is 1.65 bits per heavy atom. The molecule has 4 N–H and O–H groups in total. The van der Waals surface area contributed by atoms with Gasteiger partial charge in [0.05, 0.1) is 42.1 Å².